The Hall–Kier alpha value is -1.02. The summed E-state index contributed by atoms with van der Waals surface area (Å²) >= 11 is 0. The second-order valence-electron chi connectivity index (χ2n) is 3.96. The molecular weight excluding hydrogens is 172 g/mol. The maximum Gasteiger partial charge on any atom is 0.0340 e. The molecule has 0 unspecified atom stereocenters. The molecule has 76 valence electrons. The molecule has 1 aliphatic heterocycles. The Bertz CT molecular complexity index is 275. The molecule has 1 saturated heterocycles. The van der Waals surface area contributed by atoms with Gasteiger partial charge in [0.15, 0.2) is 0 Å². The minimum atomic E-state index is 0.820. The Morgan fingerprint density at radius 3 is 2.50 bits per heavy atom. The maximum absolute atomic E-state index is 3.46. The molecule has 2 rings (SSSR count). The quantitative estimate of drug-likeness (QED) is 0.757. The number of anilines is 1. The highest BCUT2D eigenvalue weighted by molar-refractivity contribution is 5.44. The van der Waals surface area contributed by atoms with E-state index in [4.69, 9.17) is 0 Å². The van der Waals surface area contributed by atoms with Gasteiger partial charge in [-0.3, -0.25) is 0 Å². The highest BCUT2D eigenvalue weighted by Gasteiger charge is 2.15. The Balaban J connectivity index is 1.83. The first-order chi connectivity index (χ1) is 6.88. The third-order valence-corrected chi connectivity index (χ3v) is 2.82. The van der Waals surface area contributed by atoms with Crippen molar-refractivity contribution in [1.29, 1.82) is 0 Å². The van der Waals surface area contributed by atoms with Crippen molar-refractivity contribution in [2.75, 3.05) is 25.0 Å². The fraction of sp³-hybridized carbons (Fsp3) is 0.500. The third kappa shape index (κ3) is 2.26. The molecule has 0 spiro atoms. The van der Waals surface area contributed by atoms with Gasteiger partial charge in [-0.1, -0.05) is 19.1 Å². The van der Waals surface area contributed by atoms with Crippen LogP contribution < -0.4 is 10.6 Å². The average molecular weight is 190 g/mol. The van der Waals surface area contributed by atoms with E-state index in [0.717, 1.165) is 18.9 Å². The fourth-order valence-corrected chi connectivity index (χ4v) is 1.61. The van der Waals surface area contributed by atoms with Crippen molar-refractivity contribution in [1.82, 2.24) is 5.32 Å². The van der Waals surface area contributed by atoms with Gasteiger partial charge in [0.1, 0.15) is 0 Å². The largest absolute Gasteiger partial charge is 0.385 e. The molecule has 1 heterocycles. The molecule has 0 atom stereocenters. The van der Waals surface area contributed by atoms with E-state index in [1.807, 2.05) is 0 Å². The number of aryl methyl sites for hydroxylation is 1. The standard InChI is InChI=1S/C12H18N2/c1-2-10-3-5-12(6-4-10)14-9-11-7-13-8-11/h3-6,11,13-14H,2,7-9H2,1H3. The summed E-state index contributed by atoms with van der Waals surface area (Å²) in [4.78, 5) is 0. The SMILES string of the molecule is CCc1ccc(NCC2CNC2)cc1. The summed E-state index contributed by atoms with van der Waals surface area (Å²) in [6.07, 6.45) is 1.12. The van der Waals surface area contributed by atoms with Gasteiger partial charge in [-0.2, -0.15) is 0 Å². The Kier molecular flexibility index (Phi) is 3.04. The van der Waals surface area contributed by atoms with Crippen molar-refractivity contribution in [3.8, 4) is 0 Å². The van der Waals surface area contributed by atoms with Gasteiger partial charge in [0.05, 0.1) is 0 Å². The molecule has 0 aromatic heterocycles. The van der Waals surface area contributed by atoms with E-state index in [-0.39, 0.29) is 0 Å². The van der Waals surface area contributed by atoms with Crippen molar-refractivity contribution in [2.24, 2.45) is 5.92 Å². The van der Waals surface area contributed by atoms with E-state index in [1.165, 1.54) is 24.3 Å². The molecule has 1 fully saturated rings. The highest BCUT2D eigenvalue weighted by Crippen LogP contribution is 2.11. The summed E-state index contributed by atoms with van der Waals surface area (Å²) in [5.74, 6) is 0.820. The van der Waals surface area contributed by atoms with E-state index in [2.05, 4.69) is 41.8 Å². The van der Waals surface area contributed by atoms with E-state index in [1.54, 1.807) is 0 Å². The molecular formula is C12H18N2. The van der Waals surface area contributed by atoms with Gasteiger partial charge in [-0.25, -0.2) is 0 Å². The monoisotopic (exact) mass is 190 g/mol. The van der Waals surface area contributed by atoms with Crippen LogP contribution in [0.1, 0.15) is 12.5 Å². The normalized spacial score (nSPS) is 16.4. The first-order valence-corrected chi connectivity index (χ1v) is 5.42. The second-order valence-corrected chi connectivity index (χ2v) is 3.96. The topological polar surface area (TPSA) is 24.1 Å². The molecule has 1 aromatic rings. The molecule has 0 saturated carbocycles. The lowest BCUT2D eigenvalue weighted by atomic mass is 10.0. The lowest BCUT2D eigenvalue weighted by Gasteiger charge is -2.27. The van der Waals surface area contributed by atoms with Crippen LogP contribution in [0.15, 0.2) is 24.3 Å². The van der Waals surface area contributed by atoms with Crippen LogP contribution in [0.4, 0.5) is 5.69 Å². The molecule has 0 radical (unpaired) electrons. The third-order valence-electron chi connectivity index (χ3n) is 2.82. The van der Waals surface area contributed by atoms with Gasteiger partial charge < -0.3 is 10.6 Å². The van der Waals surface area contributed by atoms with Crippen LogP contribution in [-0.4, -0.2) is 19.6 Å². The molecule has 2 nitrogen and oxygen atoms in total. The Morgan fingerprint density at radius 1 is 1.29 bits per heavy atom. The van der Waals surface area contributed by atoms with Gasteiger partial charge in [0.2, 0.25) is 0 Å². The minimum absolute atomic E-state index is 0.820. The van der Waals surface area contributed by atoms with Crippen molar-refractivity contribution >= 4 is 5.69 Å². The van der Waals surface area contributed by atoms with Crippen LogP contribution in [0.3, 0.4) is 0 Å². The first-order valence-electron chi connectivity index (χ1n) is 5.42. The van der Waals surface area contributed by atoms with Crippen LogP contribution in [0.5, 0.6) is 0 Å². The summed E-state index contributed by atoms with van der Waals surface area (Å²) in [5, 5.41) is 6.73. The van der Waals surface area contributed by atoms with E-state index >= 15 is 0 Å². The molecule has 2 heteroatoms. The molecule has 1 aromatic carbocycles. The van der Waals surface area contributed by atoms with Gasteiger partial charge in [0.25, 0.3) is 0 Å². The summed E-state index contributed by atoms with van der Waals surface area (Å²) in [6.45, 7) is 5.61. The van der Waals surface area contributed by atoms with E-state index in [9.17, 15) is 0 Å². The lowest BCUT2D eigenvalue weighted by molar-refractivity contribution is 0.365. The van der Waals surface area contributed by atoms with Gasteiger partial charge >= 0.3 is 0 Å². The predicted molar refractivity (Wildman–Crippen MR) is 60.7 cm³/mol. The molecule has 1 aliphatic rings. The molecule has 0 bridgehead atoms. The smallest absolute Gasteiger partial charge is 0.0340 e. The number of hydrogen-bond donors (Lipinski definition) is 2. The molecule has 0 aliphatic carbocycles. The number of nitrogens with one attached hydrogen (secondary N) is 2. The summed E-state index contributed by atoms with van der Waals surface area (Å²) in [5.41, 5.74) is 2.65. The molecule has 2 N–H and O–H groups in total. The molecule has 0 amide bonds. The van der Waals surface area contributed by atoms with E-state index in [0.29, 0.717) is 0 Å². The second kappa shape index (κ2) is 4.47. The number of benzene rings is 1. The highest BCUT2D eigenvalue weighted by atomic mass is 15.0. The van der Waals surface area contributed by atoms with Gasteiger partial charge in [-0.15, -0.1) is 0 Å². The fourth-order valence-electron chi connectivity index (χ4n) is 1.61. The van der Waals surface area contributed by atoms with Crippen molar-refractivity contribution in [3.05, 3.63) is 29.8 Å². The van der Waals surface area contributed by atoms with Crippen LogP contribution in [-0.2, 0) is 6.42 Å². The zero-order chi connectivity index (χ0) is 9.80. The van der Waals surface area contributed by atoms with Crippen LogP contribution in [0, 0.1) is 5.92 Å². The van der Waals surface area contributed by atoms with Gasteiger partial charge in [0, 0.05) is 31.2 Å². The van der Waals surface area contributed by atoms with Crippen molar-refractivity contribution in [2.45, 2.75) is 13.3 Å². The first kappa shape index (κ1) is 9.53. The average Bonchev–Trinajstić information content (AvgIpc) is 2.16. The zero-order valence-electron chi connectivity index (χ0n) is 8.72. The maximum atomic E-state index is 3.46. The van der Waals surface area contributed by atoms with Crippen LogP contribution in [0.2, 0.25) is 0 Å². The van der Waals surface area contributed by atoms with Gasteiger partial charge in [-0.05, 0) is 24.1 Å². The Morgan fingerprint density at radius 2 is 2.00 bits per heavy atom. The predicted octanol–water partition coefficient (Wildman–Crippen LogP) is 1.88. The number of rotatable bonds is 4. The summed E-state index contributed by atoms with van der Waals surface area (Å²) in [7, 11) is 0. The minimum Gasteiger partial charge on any atom is -0.385 e. The summed E-state index contributed by atoms with van der Waals surface area (Å²) < 4.78 is 0. The van der Waals surface area contributed by atoms with Crippen LogP contribution >= 0.6 is 0 Å². The lowest BCUT2D eigenvalue weighted by Crippen LogP contribution is -2.45. The Labute approximate surface area is 85.7 Å². The molecule has 14 heavy (non-hydrogen) atoms. The van der Waals surface area contributed by atoms with E-state index < -0.39 is 0 Å². The van der Waals surface area contributed by atoms with Crippen molar-refractivity contribution in [3.63, 3.8) is 0 Å². The summed E-state index contributed by atoms with van der Waals surface area (Å²) in [6, 6.07) is 8.73. The van der Waals surface area contributed by atoms with Crippen molar-refractivity contribution < 1.29 is 0 Å². The zero-order valence-corrected chi connectivity index (χ0v) is 8.72. The number of hydrogen-bond acceptors (Lipinski definition) is 2. The van der Waals surface area contributed by atoms with Crippen LogP contribution in [0.25, 0.3) is 0 Å².